The average molecular weight is 283 g/mol. The molecule has 2 aromatic rings. The van der Waals surface area contributed by atoms with Crippen LogP contribution in [0.25, 0.3) is 0 Å². The summed E-state index contributed by atoms with van der Waals surface area (Å²) in [7, 11) is 0. The van der Waals surface area contributed by atoms with Crippen LogP contribution in [0.5, 0.6) is 0 Å². The third-order valence-electron chi connectivity index (χ3n) is 2.73. The van der Waals surface area contributed by atoms with E-state index in [0.29, 0.717) is 23.6 Å². The maximum Gasteiger partial charge on any atom is 0.275 e. The number of nitro benzene ring substituents is 1. The minimum atomic E-state index is -1.04. The van der Waals surface area contributed by atoms with Crippen LogP contribution in [0.2, 0.25) is 0 Å². The van der Waals surface area contributed by atoms with Crippen LogP contribution in [0.3, 0.4) is 0 Å². The van der Waals surface area contributed by atoms with Crippen molar-refractivity contribution in [3.05, 3.63) is 51.2 Å². The third kappa shape index (κ3) is 2.73. The number of aromatic nitrogens is 1. The third-order valence-corrected chi connectivity index (χ3v) is 2.73. The number of aryl methyl sites for hydroxylation is 2. The van der Waals surface area contributed by atoms with Gasteiger partial charge < -0.3 is 9.73 Å². The van der Waals surface area contributed by atoms with E-state index in [4.69, 9.17) is 4.42 Å². The van der Waals surface area contributed by atoms with Crippen molar-refractivity contribution in [3.63, 3.8) is 0 Å². The fourth-order valence-corrected chi connectivity index (χ4v) is 1.61. The Morgan fingerprint density at radius 1 is 1.35 bits per heavy atom. The number of nitrogens with zero attached hydrogens (tertiary/aromatic N) is 2. The number of benzene rings is 1. The van der Waals surface area contributed by atoms with Crippen molar-refractivity contribution in [1.29, 1.82) is 0 Å². The molecule has 2 rings (SSSR count). The van der Waals surface area contributed by atoms with Crippen molar-refractivity contribution in [3.8, 4) is 0 Å². The number of hydrogen-bond donors (Lipinski definition) is 1. The molecule has 0 saturated heterocycles. The van der Waals surface area contributed by atoms with Crippen molar-refractivity contribution >= 4 is 11.4 Å². The van der Waals surface area contributed by atoms with E-state index in [1.807, 2.05) is 0 Å². The van der Waals surface area contributed by atoms with Gasteiger partial charge in [0, 0.05) is 0 Å². The van der Waals surface area contributed by atoms with E-state index in [-0.39, 0.29) is 12.4 Å². The van der Waals surface area contributed by atoms with Crippen molar-refractivity contribution in [2.45, 2.75) is 20.4 Å². The molecule has 1 aromatic heterocycles. The maximum absolute atomic E-state index is 13.6. The van der Waals surface area contributed by atoms with Gasteiger partial charge in [-0.3, -0.25) is 10.1 Å². The van der Waals surface area contributed by atoms with Crippen molar-refractivity contribution in [1.82, 2.24) is 4.98 Å². The number of non-ortho nitro benzene ring substituents is 1. The van der Waals surface area contributed by atoms with E-state index in [1.54, 1.807) is 13.8 Å². The van der Waals surface area contributed by atoms with Crippen LogP contribution in [-0.4, -0.2) is 9.91 Å². The number of nitro groups is 1. The molecule has 0 amide bonds. The van der Waals surface area contributed by atoms with E-state index < -0.39 is 27.9 Å². The SMILES string of the molecule is Cc1nc(CNc2c(F)cc([N+](=O)[O-])cc2F)oc1C. The first kappa shape index (κ1) is 13.9. The molecule has 0 unspecified atom stereocenters. The minimum Gasteiger partial charge on any atom is -0.444 e. The van der Waals surface area contributed by atoms with E-state index in [0.717, 1.165) is 0 Å². The molecule has 20 heavy (non-hydrogen) atoms. The van der Waals surface area contributed by atoms with Gasteiger partial charge in [-0.2, -0.15) is 0 Å². The van der Waals surface area contributed by atoms with Gasteiger partial charge >= 0.3 is 0 Å². The predicted octanol–water partition coefficient (Wildman–Crippen LogP) is 3.09. The standard InChI is InChI=1S/C12H11F2N3O3/c1-6-7(2)20-11(16-6)5-15-12-9(13)3-8(17(18)19)4-10(12)14/h3-4,15H,5H2,1-2H3. The molecule has 6 nitrogen and oxygen atoms in total. The monoisotopic (exact) mass is 283 g/mol. The van der Waals surface area contributed by atoms with Gasteiger partial charge in [0.05, 0.1) is 29.3 Å². The lowest BCUT2D eigenvalue weighted by atomic mass is 10.2. The second-order valence-corrected chi connectivity index (χ2v) is 4.14. The second-order valence-electron chi connectivity index (χ2n) is 4.14. The molecule has 0 saturated carbocycles. The van der Waals surface area contributed by atoms with Crippen LogP contribution < -0.4 is 5.32 Å². The molecule has 1 heterocycles. The molecule has 1 N–H and O–H groups in total. The molecule has 1 aromatic carbocycles. The van der Waals surface area contributed by atoms with E-state index in [2.05, 4.69) is 10.3 Å². The van der Waals surface area contributed by atoms with Gasteiger partial charge in [-0.1, -0.05) is 0 Å². The largest absolute Gasteiger partial charge is 0.444 e. The number of anilines is 1. The Bertz CT molecular complexity index is 627. The first-order valence-corrected chi connectivity index (χ1v) is 5.68. The van der Waals surface area contributed by atoms with Crippen molar-refractivity contribution in [2.75, 3.05) is 5.32 Å². The summed E-state index contributed by atoms with van der Waals surface area (Å²) in [5.41, 5.74) is -0.413. The first-order chi connectivity index (χ1) is 9.38. The zero-order valence-electron chi connectivity index (χ0n) is 10.7. The summed E-state index contributed by atoms with van der Waals surface area (Å²) in [5, 5.41) is 12.9. The summed E-state index contributed by atoms with van der Waals surface area (Å²) in [5.74, 6) is -1.20. The van der Waals surface area contributed by atoms with E-state index in [1.165, 1.54) is 0 Å². The highest BCUT2D eigenvalue weighted by molar-refractivity contribution is 5.51. The zero-order chi connectivity index (χ0) is 14.9. The van der Waals surface area contributed by atoms with Gasteiger partial charge in [0.25, 0.3) is 5.69 Å². The quantitative estimate of drug-likeness (QED) is 0.688. The number of halogens is 2. The Hall–Kier alpha value is -2.51. The number of hydrogen-bond acceptors (Lipinski definition) is 5. The fourth-order valence-electron chi connectivity index (χ4n) is 1.61. The molecule has 0 atom stereocenters. The Kier molecular flexibility index (Phi) is 3.64. The smallest absolute Gasteiger partial charge is 0.275 e. The second kappa shape index (κ2) is 5.24. The van der Waals surface area contributed by atoms with Crippen molar-refractivity contribution < 1.29 is 18.1 Å². The maximum atomic E-state index is 13.6. The molecule has 0 aliphatic rings. The molecule has 0 bridgehead atoms. The summed E-state index contributed by atoms with van der Waals surface area (Å²) in [4.78, 5) is 13.6. The molecular formula is C12H11F2N3O3. The van der Waals surface area contributed by atoms with Gasteiger partial charge in [0.15, 0.2) is 11.6 Å². The lowest BCUT2D eigenvalue weighted by Crippen LogP contribution is -2.05. The molecule has 106 valence electrons. The average Bonchev–Trinajstić information content (AvgIpc) is 2.67. The molecule has 8 heteroatoms. The zero-order valence-corrected chi connectivity index (χ0v) is 10.7. The molecule has 0 radical (unpaired) electrons. The normalized spacial score (nSPS) is 10.6. The van der Waals surface area contributed by atoms with Gasteiger partial charge in [0.2, 0.25) is 5.89 Å². The summed E-state index contributed by atoms with van der Waals surface area (Å²) in [6.07, 6.45) is 0. The van der Waals surface area contributed by atoms with Crippen molar-refractivity contribution in [2.24, 2.45) is 0 Å². The summed E-state index contributed by atoms with van der Waals surface area (Å²) in [6, 6.07) is 1.30. The fraction of sp³-hybridized carbons (Fsp3) is 0.250. The molecule has 0 spiro atoms. The highest BCUT2D eigenvalue weighted by Gasteiger charge is 2.17. The Morgan fingerprint density at radius 3 is 2.40 bits per heavy atom. The van der Waals surface area contributed by atoms with Crippen LogP contribution in [0, 0.1) is 35.6 Å². The molecule has 0 fully saturated rings. The summed E-state index contributed by atoms with van der Waals surface area (Å²) < 4.78 is 32.5. The molecular weight excluding hydrogens is 272 g/mol. The Labute approximate surface area is 112 Å². The van der Waals surface area contributed by atoms with Crippen LogP contribution >= 0.6 is 0 Å². The molecule has 0 aliphatic carbocycles. The highest BCUT2D eigenvalue weighted by Crippen LogP contribution is 2.25. The first-order valence-electron chi connectivity index (χ1n) is 5.68. The predicted molar refractivity (Wildman–Crippen MR) is 66.3 cm³/mol. The number of rotatable bonds is 4. The Balaban J connectivity index is 2.19. The number of oxazole rings is 1. The van der Waals surface area contributed by atoms with Gasteiger partial charge in [0.1, 0.15) is 11.4 Å². The van der Waals surface area contributed by atoms with Gasteiger partial charge in [-0.05, 0) is 13.8 Å². The summed E-state index contributed by atoms with van der Waals surface area (Å²) >= 11 is 0. The highest BCUT2D eigenvalue weighted by atomic mass is 19.1. The molecule has 0 aliphatic heterocycles. The topological polar surface area (TPSA) is 81.2 Å². The lowest BCUT2D eigenvalue weighted by Gasteiger charge is -2.06. The van der Waals surface area contributed by atoms with Crippen LogP contribution in [0.15, 0.2) is 16.5 Å². The van der Waals surface area contributed by atoms with E-state index >= 15 is 0 Å². The summed E-state index contributed by atoms with van der Waals surface area (Å²) in [6.45, 7) is 3.44. The lowest BCUT2D eigenvalue weighted by molar-refractivity contribution is -0.385. The number of nitrogens with one attached hydrogen (secondary N) is 1. The van der Waals surface area contributed by atoms with Gasteiger partial charge in [-0.15, -0.1) is 0 Å². The van der Waals surface area contributed by atoms with Crippen LogP contribution in [-0.2, 0) is 6.54 Å². The van der Waals surface area contributed by atoms with E-state index in [9.17, 15) is 18.9 Å². The minimum absolute atomic E-state index is 0.0274. The van der Waals surface area contributed by atoms with Gasteiger partial charge in [-0.25, -0.2) is 13.8 Å². The van der Waals surface area contributed by atoms with Crippen LogP contribution in [0.4, 0.5) is 20.2 Å². The Morgan fingerprint density at radius 2 is 1.95 bits per heavy atom. The van der Waals surface area contributed by atoms with Crippen LogP contribution in [0.1, 0.15) is 17.3 Å².